The van der Waals surface area contributed by atoms with Gasteiger partial charge in [0.1, 0.15) is 23.4 Å². The first-order chi connectivity index (χ1) is 12.0. The number of ether oxygens (including phenoxy) is 1. The summed E-state index contributed by atoms with van der Waals surface area (Å²) in [5, 5.41) is 17.9. The van der Waals surface area contributed by atoms with E-state index in [0.29, 0.717) is 6.07 Å². The van der Waals surface area contributed by atoms with Crippen molar-refractivity contribution in [2.45, 2.75) is 10.4 Å². The van der Waals surface area contributed by atoms with Gasteiger partial charge in [0.25, 0.3) is 9.84 Å². The Kier molecular flexibility index (Phi) is 5.26. The Hall–Kier alpha value is -2.63. The van der Waals surface area contributed by atoms with Crippen LogP contribution in [0.25, 0.3) is 0 Å². The number of alkyl halides is 3. The molecule has 0 aliphatic carbocycles. The highest BCUT2D eigenvalue weighted by atomic mass is 79.9. The largest absolute Gasteiger partial charge is 0.501 e. The molecule has 2 aromatic rings. The van der Waals surface area contributed by atoms with E-state index in [0.717, 1.165) is 24.3 Å². The van der Waals surface area contributed by atoms with Crippen LogP contribution in [0.3, 0.4) is 0 Å². The molecule has 0 aromatic heterocycles. The standard InChI is InChI=1S/C15H5BrF4N2O3S/c16-14-11(7-22)13(26(23,24)15(18,19)20)2-1-12(14)25-10-4-8(6-21)3-9(17)5-10/h1-5H. The average molecular weight is 449 g/mol. The number of rotatable bonds is 3. The topological polar surface area (TPSA) is 90.9 Å². The van der Waals surface area contributed by atoms with Crippen molar-refractivity contribution in [3.05, 3.63) is 51.7 Å². The molecule has 0 saturated carbocycles. The van der Waals surface area contributed by atoms with E-state index in [1.165, 1.54) is 6.07 Å². The van der Waals surface area contributed by atoms with E-state index in [-0.39, 0.29) is 21.5 Å². The predicted molar refractivity (Wildman–Crippen MR) is 83.3 cm³/mol. The van der Waals surface area contributed by atoms with Crippen LogP contribution in [-0.4, -0.2) is 13.9 Å². The Morgan fingerprint density at radius 2 is 1.73 bits per heavy atom. The van der Waals surface area contributed by atoms with Gasteiger partial charge in [-0.3, -0.25) is 0 Å². The fourth-order valence-corrected chi connectivity index (χ4v) is 3.44. The summed E-state index contributed by atoms with van der Waals surface area (Å²) in [6.45, 7) is 0. The van der Waals surface area contributed by atoms with Crippen LogP contribution in [-0.2, 0) is 9.84 Å². The highest BCUT2D eigenvalue weighted by Crippen LogP contribution is 2.39. The number of benzene rings is 2. The molecule has 0 heterocycles. The number of nitriles is 2. The maximum atomic E-state index is 13.4. The van der Waals surface area contributed by atoms with Gasteiger partial charge < -0.3 is 4.74 Å². The molecule has 134 valence electrons. The van der Waals surface area contributed by atoms with Gasteiger partial charge in [-0.1, -0.05) is 0 Å². The molecule has 0 aliphatic heterocycles. The van der Waals surface area contributed by atoms with Crippen LogP contribution in [0.15, 0.2) is 39.7 Å². The Morgan fingerprint density at radius 1 is 1.08 bits per heavy atom. The van der Waals surface area contributed by atoms with Crippen molar-refractivity contribution < 1.29 is 30.7 Å². The SMILES string of the molecule is N#Cc1cc(F)cc(Oc2ccc(S(=O)(=O)C(F)(F)F)c(C#N)c2Br)c1. The summed E-state index contributed by atoms with van der Waals surface area (Å²) in [6, 6.07) is 7.48. The first-order valence-corrected chi connectivity index (χ1v) is 8.71. The molecular weight excluding hydrogens is 444 g/mol. The number of hydrogen-bond acceptors (Lipinski definition) is 5. The molecule has 0 atom stereocenters. The molecule has 0 amide bonds. The minimum atomic E-state index is -5.76. The molecule has 0 aliphatic rings. The van der Waals surface area contributed by atoms with Crippen LogP contribution >= 0.6 is 15.9 Å². The quantitative estimate of drug-likeness (QED) is 0.648. The van der Waals surface area contributed by atoms with Gasteiger partial charge in [0.05, 0.1) is 26.6 Å². The Bertz CT molecular complexity index is 1070. The molecule has 2 rings (SSSR count). The fourth-order valence-electron chi connectivity index (χ4n) is 1.88. The van der Waals surface area contributed by atoms with Gasteiger partial charge in [0, 0.05) is 6.07 Å². The second-order valence-electron chi connectivity index (χ2n) is 4.70. The van der Waals surface area contributed by atoms with Crippen LogP contribution in [0.5, 0.6) is 11.5 Å². The van der Waals surface area contributed by atoms with E-state index < -0.39 is 31.6 Å². The third-order valence-corrected chi connectivity index (χ3v) is 5.32. The second-order valence-corrected chi connectivity index (χ2v) is 7.40. The third-order valence-electron chi connectivity index (χ3n) is 3.00. The van der Waals surface area contributed by atoms with Crippen molar-refractivity contribution in [2.75, 3.05) is 0 Å². The van der Waals surface area contributed by atoms with Gasteiger partial charge in [-0.2, -0.15) is 23.7 Å². The smallest absolute Gasteiger partial charge is 0.456 e. The first kappa shape index (κ1) is 19.7. The lowest BCUT2D eigenvalue weighted by atomic mass is 10.2. The van der Waals surface area contributed by atoms with E-state index in [1.807, 2.05) is 0 Å². The zero-order chi connectivity index (χ0) is 19.7. The summed E-state index contributed by atoms with van der Waals surface area (Å²) >= 11 is 2.83. The summed E-state index contributed by atoms with van der Waals surface area (Å²) in [7, 11) is -5.76. The summed E-state index contributed by atoms with van der Waals surface area (Å²) < 4.78 is 79.6. The minimum Gasteiger partial charge on any atom is -0.456 e. The molecular formula is C15H5BrF4N2O3S. The monoisotopic (exact) mass is 448 g/mol. The molecule has 0 fully saturated rings. The van der Waals surface area contributed by atoms with Crippen molar-refractivity contribution in [2.24, 2.45) is 0 Å². The maximum absolute atomic E-state index is 13.4. The van der Waals surface area contributed by atoms with Crippen LogP contribution < -0.4 is 4.74 Å². The van der Waals surface area contributed by atoms with Crippen molar-refractivity contribution in [3.8, 4) is 23.6 Å². The van der Waals surface area contributed by atoms with Gasteiger partial charge in [-0.25, -0.2) is 12.8 Å². The molecule has 0 bridgehead atoms. The van der Waals surface area contributed by atoms with Crippen LogP contribution in [0.4, 0.5) is 17.6 Å². The first-order valence-electron chi connectivity index (χ1n) is 6.43. The summed E-state index contributed by atoms with van der Waals surface area (Å²) in [4.78, 5) is -1.25. The predicted octanol–water partition coefficient (Wildman–Crippen LogP) is 4.42. The Labute approximate surface area is 153 Å². The minimum absolute atomic E-state index is 0.0760. The summed E-state index contributed by atoms with van der Waals surface area (Å²) in [5.41, 5.74) is -6.49. The van der Waals surface area contributed by atoms with Gasteiger partial charge >= 0.3 is 5.51 Å². The van der Waals surface area contributed by atoms with E-state index in [4.69, 9.17) is 15.3 Å². The zero-order valence-electron chi connectivity index (χ0n) is 12.3. The van der Waals surface area contributed by atoms with E-state index in [9.17, 15) is 26.0 Å². The molecule has 0 N–H and O–H groups in total. The molecule has 5 nitrogen and oxygen atoms in total. The van der Waals surface area contributed by atoms with Gasteiger partial charge in [0.2, 0.25) is 0 Å². The lowest BCUT2D eigenvalue weighted by molar-refractivity contribution is -0.0436. The van der Waals surface area contributed by atoms with Gasteiger partial charge in [0.15, 0.2) is 0 Å². The molecule has 0 radical (unpaired) electrons. The number of nitrogens with zero attached hydrogens (tertiary/aromatic N) is 2. The van der Waals surface area contributed by atoms with Gasteiger partial charge in [-0.15, -0.1) is 0 Å². The highest BCUT2D eigenvalue weighted by molar-refractivity contribution is 9.10. The van der Waals surface area contributed by atoms with E-state index >= 15 is 0 Å². The lowest BCUT2D eigenvalue weighted by Gasteiger charge is -2.13. The van der Waals surface area contributed by atoms with Crippen molar-refractivity contribution in [1.29, 1.82) is 10.5 Å². The maximum Gasteiger partial charge on any atom is 0.501 e. The highest BCUT2D eigenvalue weighted by Gasteiger charge is 2.48. The molecule has 2 aromatic carbocycles. The Balaban J connectivity index is 2.57. The van der Waals surface area contributed by atoms with Crippen molar-refractivity contribution >= 4 is 25.8 Å². The molecule has 26 heavy (non-hydrogen) atoms. The van der Waals surface area contributed by atoms with Crippen LogP contribution in [0.2, 0.25) is 0 Å². The third kappa shape index (κ3) is 3.64. The molecule has 11 heteroatoms. The van der Waals surface area contributed by atoms with E-state index in [1.54, 1.807) is 6.07 Å². The second kappa shape index (κ2) is 6.94. The lowest BCUT2D eigenvalue weighted by Crippen LogP contribution is -2.24. The van der Waals surface area contributed by atoms with Crippen molar-refractivity contribution in [3.63, 3.8) is 0 Å². The van der Waals surface area contributed by atoms with Gasteiger partial charge in [-0.05, 0) is 40.2 Å². The van der Waals surface area contributed by atoms with E-state index in [2.05, 4.69) is 15.9 Å². The normalized spacial score (nSPS) is 11.5. The zero-order valence-corrected chi connectivity index (χ0v) is 14.7. The molecule has 0 unspecified atom stereocenters. The van der Waals surface area contributed by atoms with Crippen molar-refractivity contribution in [1.82, 2.24) is 0 Å². The molecule has 0 saturated heterocycles. The molecule has 0 spiro atoms. The fraction of sp³-hybridized carbons (Fsp3) is 0.0667. The van der Waals surface area contributed by atoms with Crippen LogP contribution in [0, 0.1) is 28.5 Å². The Morgan fingerprint density at radius 3 is 2.27 bits per heavy atom. The number of halogens is 5. The number of sulfone groups is 1. The summed E-state index contributed by atoms with van der Waals surface area (Å²) in [5.74, 6) is -1.21. The average Bonchev–Trinajstić information content (AvgIpc) is 2.54. The summed E-state index contributed by atoms with van der Waals surface area (Å²) in [6.07, 6.45) is 0. The van der Waals surface area contributed by atoms with Crippen LogP contribution in [0.1, 0.15) is 11.1 Å². The number of hydrogen-bond donors (Lipinski definition) is 0.